The predicted molar refractivity (Wildman–Crippen MR) is 53.3 cm³/mol. The summed E-state index contributed by atoms with van der Waals surface area (Å²) in [6.07, 6.45) is 2.91. The Kier molecular flexibility index (Phi) is 3.31. The molecule has 1 heterocycles. The van der Waals surface area contributed by atoms with Crippen LogP contribution in [0.2, 0.25) is 0 Å². The molecule has 1 fully saturated rings. The van der Waals surface area contributed by atoms with Crippen molar-refractivity contribution >= 4 is 5.91 Å². The maximum absolute atomic E-state index is 11.7. The fourth-order valence-corrected chi connectivity index (χ4v) is 1.56. The van der Waals surface area contributed by atoms with Crippen molar-refractivity contribution in [2.75, 3.05) is 19.6 Å². The normalized spacial score (nSPS) is 17.9. The summed E-state index contributed by atoms with van der Waals surface area (Å²) in [5, 5.41) is 0. The van der Waals surface area contributed by atoms with Crippen molar-refractivity contribution in [1.29, 1.82) is 0 Å². The van der Waals surface area contributed by atoms with Crippen molar-refractivity contribution in [3.63, 3.8) is 0 Å². The monoisotopic (exact) mass is 184 g/mol. The zero-order valence-corrected chi connectivity index (χ0v) is 8.68. The van der Waals surface area contributed by atoms with Crippen LogP contribution in [0.3, 0.4) is 0 Å². The molecule has 1 aliphatic heterocycles. The molecule has 3 nitrogen and oxygen atoms in total. The molecule has 0 aromatic rings. The largest absolute Gasteiger partial charge is 0.343 e. The molecule has 13 heavy (non-hydrogen) atoms. The lowest BCUT2D eigenvalue weighted by Crippen LogP contribution is -2.34. The molecule has 0 aromatic carbocycles. The lowest BCUT2D eigenvalue weighted by Gasteiger charge is -2.25. The summed E-state index contributed by atoms with van der Waals surface area (Å²) in [4.78, 5) is 13.6. The second kappa shape index (κ2) is 4.09. The molecule has 1 rings (SSSR count). The van der Waals surface area contributed by atoms with Crippen LogP contribution in [0.5, 0.6) is 0 Å². The van der Waals surface area contributed by atoms with Gasteiger partial charge in [-0.2, -0.15) is 0 Å². The minimum absolute atomic E-state index is 0.0420. The maximum atomic E-state index is 11.7. The molecule has 3 heteroatoms. The number of nitrogens with zero attached hydrogens (tertiary/aromatic N) is 1. The molecule has 0 aliphatic carbocycles. The number of rotatable bonds is 3. The highest BCUT2D eigenvalue weighted by Gasteiger charge is 2.25. The zero-order valence-electron chi connectivity index (χ0n) is 8.68. The highest BCUT2D eigenvalue weighted by Crippen LogP contribution is 2.21. The van der Waals surface area contributed by atoms with Crippen molar-refractivity contribution in [3.05, 3.63) is 0 Å². The molecular formula is C10H20N2O. The van der Waals surface area contributed by atoms with Gasteiger partial charge in [0.2, 0.25) is 5.91 Å². The van der Waals surface area contributed by atoms with E-state index in [1.54, 1.807) is 0 Å². The SMILES string of the molecule is CC(C)(CN)CC(=O)N1CCCC1. The Labute approximate surface area is 80.3 Å². The first-order valence-corrected chi connectivity index (χ1v) is 5.03. The predicted octanol–water partition coefficient (Wildman–Crippen LogP) is 0.984. The molecule has 2 N–H and O–H groups in total. The Morgan fingerprint density at radius 2 is 1.92 bits per heavy atom. The van der Waals surface area contributed by atoms with Gasteiger partial charge in [0.05, 0.1) is 0 Å². The Hall–Kier alpha value is -0.570. The van der Waals surface area contributed by atoms with Crippen molar-refractivity contribution in [2.45, 2.75) is 33.1 Å². The van der Waals surface area contributed by atoms with Crippen LogP contribution in [0.15, 0.2) is 0 Å². The van der Waals surface area contributed by atoms with Crippen LogP contribution < -0.4 is 5.73 Å². The number of carbonyl (C=O) groups excluding carboxylic acids is 1. The van der Waals surface area contributed by atoms with E-state index in [0.29, 0.717) is 13.0 Å². The molecule has 76 valence electrons. The smallest absolute Gasteiger partial charge is 0.223 e. The van der Waals surface area contributed by atoms with Gasteiger partial charge in [-0.1, -0.05) is 13.8 Å². The Morgan fingerprint density at radius 1 is 1.38 bits per heavy atom. The summed E-state index contributed by atoms with van der Waals surface area (Å²) in [5.41, 5.74) is 5.54. The first kappa shape index (κ1) is 10.5. The first-order chi connectivity index (χ1) is 6.05. The van der Waals surface area contributed by atoms with Gasteiger partial charge in [0.15, 0.2) is 0 Å². The van der Waals surface area contributed by atoms with Crippen LogP contribution in [0.25, 0.3) is 0 Å². The molecule has 0 saturated carbocycles. The van der Waals surface area contributed by atoms with E-state index in [9.17, 15) is 4.79 Å². The van der Waals surface area contributed by atoms with E-state index in [-0.39, 0.29) is 11.3 Å². The minimum atomic E-state index is -0.0420. The molecular weight excluding hydrogens is 164 g/mol. The van der Waals surface area contributed by atoms with E-state index in [0.717, 1.165) is 25.9 Å². The van der Waals surface area contributed by atoms with Crippen LogP contribution in [0.4, 0.5) is 0 Å². The number of hydrogen-bond acceptors (Lipinski definition) is 2. The van der Waals surface area contributed by atoms with E-state index in [4.69, 9.17) is 5.73 Å². The van der Waals surface area contributed by atoms with Gasteiger partial charge in [-0.25, -0.2) is 0 Å². The third-order valence-corrected chi connectivity index (χ3v) is 2.64. The second-order valence-corrected chi connectivity index (χ2v) is 4.63. The lowest BCUT2D eigenvalue weighted by molar-refractivity contribution is -0.132. The van der Waals surface area contributed by atoms with Gasteiger partial charge < -0.3 is 10.6 Å². The van der Waals surface area contributed by atoms with Crippen molar-refractivity contribution in [2.24, 2.45) is 11.1 Å². The fraction of sp³-hybridized carbons (Fsp3) is 0.900. The average Bonchev–Trinajstić information content (AvgIpc) is 2.55. The topological polar surface area (TPSA) is 46.3 Å². The maximum Gasteiger partial charge on any atom is 0.223 e. The number of nitrogens with two attached hydrogens (primary N) is 1. The molecule has 1 amide bonds. The zero-order chi connectivity index (χ0) is 9.90. The third-order valence-electron chi connectivity index (χ3n) is 2.64. The summed E-state index contributed by atoms with van der Waals surface area (Å²) < 4.78 is 0. The molecule has 0 bridgehead atoms. The summed E-state index contributed by atoms with van der Waals surface area (Å²) in [6, 6.07) is 0. The van der Waals surface area contributed by atoms with Crippen LogP contribution >= 0.6 is 0 Å². The number of amides is 1. The highest BCUT2D eigenvalue weighted by atomic mass is 16.2. The van der Waals surface area contributed by atoms with Gasteiger partial charge in [0.25, 0.3) is 0 Å². The second-order valence-electron chi connectivity index (χ2n) is 4.63. The van der Waals surface area contributed by atoms with Crippen LogP contribution in [-0.2, 0) is 4.79 Å². The van der Waals surface area contributed by atoms with E-state index >= 15 is 0 Å². The average molecular weight is 184 g/mol. The van der Waals surface area contributed by atoms with Crippen molar-refractivity contribution < 1.29 is 4.79 Å². The van der Waals surface area contributed by atoms with E-state index in [1.165, 1.54) is 0 Å². The number of hydrogen-bond donors (Lipinski definition) is 1. The van der Waals surface area contributed by atoms with E-state index < -0.39 is 0 Å². The van der Waals surface area contributed by atoms with Gasteiger partial charge in [-0.15, -0.1) is 0 Å². The molecule has 1 aliphatic rings. The minimum Gasteiger partial charge on any atom is -0.343 e. The lowest BCUT2D eigenvalue weighted by atomic mass is 9.89. The fourth-order valence-electron chi connectivity index (χ4n) is 1.56. The summed E-state index contributed by atoms with van der Waals surface area (Å²) in [5.74, 6) is 0.271. The number of carbonyl (C=O) groups is 1. The molecule has 0 spiro atoms. The standard InChI is InChI=1S/C10H20N2O/c1-10(2,8-11)7-9(13)12-5-3-4-6-12/h3-8,11H2,1-2H3. The van der Waals surface area contributed by atoms with Crippen molar-refractivity contribution in [3.8, 4) is 0 Å². The van der Waals surface area contributed by atoms with E-state index in [2.05, 4.69) is 0 Å². The molecule has 0 atom stereocenters. The van der Waals surface area contributed by atoms with Crippen LogP contribution in [0.1, 0.15) is 33.1 Å². The van der Waals surface area contributed by atoms with Crippen LogP contribution in [-0.4, -0.2) is 30.4 Å². The summed E-state index contributed by atoms with van der Waals surface area (Å²) in [7, 11) is 0. The molecule has 0 unspecified atom stereocenters. The van der Waals surface area contributed by atoms with Gasteiger partial charge in [-0.3, -0.25) is 4.79 Å². The van der Waals surface area contributed by atoms with Gasteiger partial charge in [-0.05, 0) is 24.8 Å². The third kappa shape index (κ3) is 2.99. The Bertz CT molecular complexity index is 183. The number of likely N-dealkylation sites (tertiary alicyclic amines) is 1. The Balaban J connectivity index is 2.40. The van der Waals surface area contributed by atoms with E-state index in [1.807, 2.05) is 18.7 Å². The molecule has 1 saturated heterocycles. The molecule has 0 radical (unpaired) electrons. The van der Waals surface area contributed by atoms with Crippen molar-refractivity contribution in [1.82, 2.24) is 4.90 Å². The summed E-state index contributed by atoms with van der Waals surface area (Å²) in [6.45, 7) is 6.55. The van der Waals surface area contributed by atoms with Gasteiger partial charge >= 0.3 is 0 Å². The Morgan fingerprint density at radius 3 is 2.38 bits per heavy atom. The summed E-state index contributed by atoms with van der Waals surface area (Å²) >= 11 is 0. The van der Waals surface area contributed by atoms with Gasteiger partial charge in [0.1, 0.15) is 0 Å². The molecule has 0 aromatic heterocycles. The van der Waals surface area contributed by atoms with Gasteiger partial charge in [0, 0.05) is 19.5 Å². The quantitative estimate of drug-likeness (QED) is 0.711. The highest BCUT2D eigenvalue weighted by molar-refractivity contribution is 5.77. The van der Waals surface area contributed by atoms with Crippen LogP contribution in [0, 0.1) is 5.41 Å². The first-order valence-electron chi connectivity index (χ1n) is 5.03.